The smallest absolute Gasteiger partial charge is 0.407 e. The van der Waals surface area contributed by atoms with Crippen LogP contribution in [0, 0.1) is 46.3 Å². The molecule has 0 saturated heterocycles. The predicted molar refractivity (Wildman–Crippen MR) is 263 cm³/mol. The summed E-state index contributed by atoms with van der Waals surface area (Å²) in [4.78, 5) is 57.5. The zero-order chi connectivity index (χ0) is 49.5. The van der Waals surface area contributed by atoms with Gasteiger partial charge in [0.05, 0.1) is 33.0 Å². The highest BCUT2D eigenvalue weighted by Gasteiger charge is 2.59. The van der Waals surface area contributed by atoms with Crippen LogP contribution in [0.2, 0.25) is 0 Å². The fourth-order valence-electron chi connectivity index (χ4n) is 11.8. The van der Waals surface area contributed by atoms with Gasteiger partial charge >= 0.3 is 18.3 Å². The maximum Gasteiger partial charge on any atom is 0.407 e. The first-order chi connectivity index (χ1) is 32.5. The van der Waals surface area contributed by atoms with Crippen LogP contribution in [0.25, 0.3) is 0 Å². The molecule has 12 N–H and O–H groups in total. The summed E-state index contributed by atoms with van der Waals surface area (Å²) in [6.45, 7) is 14.4. The maximum absolute atomic E-state index is 12.8. The summed E-state index contributed by atoms with van der Waals surface area (Å²) in [5.41, 5.74) is 23.4. The molecular formula is C49H88N10O9. The average Bonchev–Trinajstić information content (AvgIpc) is 3.64. The number of nitrogens with one attached hydrogen (secondary N) is 4. The van der Waals surface area contributed by atoms with Crippen molar-refractivity contribution in [2.24, 2.45) is 79.3 Å². The number of carbonyl (C=O) groups excluding carboxylic acids is 4. The normalized spacial score (nSPS) is 25.4. The Balaban J connectivity index is 1.10. The third-order valence-electron chi connectivity index (χ3n) is 15.2. The summed E-state index contributed by atoms with van der Waals surface area (Å²) < 4.78 is 27.6. The molecule has 4 aliphatic rings. The van der Waals surface area contributed by atoms with Crippen molar-refractivity contribution in [3.05, 3.63) is 11.6 Å². The van der Waals surface area contributed by atoms with Crippen molar-refractivity contribution in [3.63, 3.8) is 0 Å². The second-order valence-electron chi connectivity index (χ2n) is 20.4. The third-order valence-corrected chi connectivity index (χ3v) is 15.2. The molecule has 0 bridgehead atoms. The number of rotatable bonds is 29. The molecule has 0 aromatic heterocycles. The van der Waals surface area contributed by atoms with E-state index in [4.69, 9.17) is 46.6 Å². The lowest BCUT2D eigenvalue weighted by molar-refractivity contribution is -0.127. The minimum atomic E-state index is -0.626. The Kier molecular flexibility index (Phi) is 23.8. The summed E-state index contributed by atoms with van der Waals surface area (Å²) in [6.07, 6.45) is 15.7. The van der Waals surface area contributed by atoms with Crippen LogP contribution in [0.5, 0.6) is 0 Å². The van der Waals surface area contributed by atoms with Crippen LogP contribution in [-0.4, -0.2) is 121 Å². The Morgan fingerprint density at radius 2 is 1.34 bits per heavy atom. The van der Waals surface area contributed by atoms with Gasteiger partial charge in [0.2, 0.25) is 5.91 Å². The lowest BCUT2D eigenvalue weighted by Crippen LogP contribution is -2.51. The minimum Gasteiger partial charge on any atom is -0.449 e. The predicted octanol–water partition coefficient (Wildman–Crippen LogP) is 5.20. The van der Waals surface area contributed by atoms with E-state index < -0.39 is 30.2 Å². The van der Waals surface area contributed by atoms with Gasteiger partial charge < -0.3 is 67.9 Å². The molecule has 388 valence electrons. The zero-order valence-electron chi connectivity index (χ0n) is 42.0. The van der Waals surface area contributed by atoms with E-state index in [1.807, 2.05) is 0 Å². The summed E-state index contributed by atoms with van der Waals surface area (Å²) >= 11 is 0. The van der Waals surface area contributed by atoms with Crippen LogP contribution in [0.1, 0.15) is 131 Å². The van der Waals surface area contributed by atoms with E-state index in [1.165, 1.54) is 56.9 Å². The third kappa shape index (κ3) is 18.4. The van der Waals surface area contributed by atoms with Gasteiger partial charge in [-0.25, -0.2) is 14.4 Å². The van der Waals surface area contributed by atoms with Gasteiger partial charge in [0, 0.05) is 58.0 Å². The van der Waals surface area contributed by atoms with Crippen molar-refractivity contribution in [3.8, 4) is 0 Å². The van der Waals surface area contributed by atoms with E-state index in [-0.39, 0.29) is 82.5 Å². The first-order valence-corrected chi connectivity index (χ1v) is 25.5. The largest absolute Gasteiger partial charge is 0.449 e. The molecule has 0 aromatic rings. The second-order valence-corrected chi connectivity index (χ2v) is 20.4. The van der Waals surface area contributed by atoms with Crippen LogP contribution in [-0.2, 0) is 28.5 Å². The number of amides is 4. The van der Waals surface area contributed by atoms with Crippen LogP contribution >= 0.6 is 0 Å². The van der Waals surface area contributed by atoms with Crippen molar-refractivity contribution in [1.29, 1.82) is 0 Å². The van der Waals surface area contributed by atoms with Crippen molar-refractivity contribution in [2.75, 3.05) is 72.4 Å². The molecule has 68 heavy (non-hydrogen) atoms. The van der Waals surface area contributed by atoms with Crippen molar-refractivity contribution < 1.29 is 42.9 Å². The second kappa shape index (κ2) is 28.8. The Labute approximate surface area is 405 Å². The molecule has 4 amide bonds. The highest BCUT2D eigenvalue weighted by atomic mass is 16.6. The van der Waals surface area contributed by atoms with E-state index in [0.717, 1.165) is 54.8 Å². The monoisotopic (exact) mass is 961 g/mol. The molecule has 0 radical (unpaired) electrons. The van der Waals surface area contributed by atoms with Gasteiger partial charge in [-0.05, 0) is 104 Å². The number of hydrogen-bond donors (Lipinski definition) is 8. The van der Waals surface area contributed by atoms with Gasteiger partial charge in [0.1, 0.15) is 12.7 Å². The molecule has 0 aromatic carbocycles. The number of ether oxygens (including phenoxy) is 5. The van der Waals surface area contributed by atoms with Crippen molar-refractivity contribution >= 4 is 36.1 Å². The Morgan fingerprint density at radius 3 is 1.97 bits per heavy atom. The number of nitrogens with zero attached hydrogens (tertiary/aromatic N) is 2. The van der Waals surface area contributed by atoms with Gasteiger partial charge in [0.25, 0.3) is 0 Å². The van der Waals surface area contributed by atoms with Crippen LogP contribution in [0.15, 0.2) is 21.6 Å². The quantitative estimate of drug-likeness (QED) is 0.0158. The number of aliphatic imine (C=N–C) groups is 2. The Hall–Kier alpha value is -4.52. The number of allylic oxidation sites excluding steroid dienone is 1. The summed E-state index contributed by atoms with van der Waals surface area (Å²) in [6, 6.07) is -0.492. The first kappa shape index (κ1) is 56.1. The van der Waals surface area contributed by atoms with Crippen molar-refractivity contribution in [2.45, 2.75) is 143 Å². The number of fused-ring (bicyclic) bond motifs is 5. The highest BCUT2D eigenvalue weighted by Crippen LogP contribution is 2.67. The number of nitrogens with two attached hydrogens (primary N) is 4. The van der Waals surface area contributed by atoms with Gasteiger partial charge in [-0.2, -0.15) is 0 Å². The lowest BCUT2D eigenvalue weighted by atomic mass is 9.47. The van der Waals surface area contributed by atoms with Gasteiger partial charge in [-0.15, -0.1) is 0 Å². The molecule has 3 fully saturated rings. The number of hydrogen-bond acceptors (Lipinski definition) is 11. The van der Waals surface area contributed by atoms with Crippen LogP contribution in [0.4, 0.5) is 14.4 Å². The van der Waals surface area contributed by atoms with E-state index >= 15 is 0 Å². The molecule has 0 spiro atoms. The number of alkyl carbamates (subject to hydrolysis) is 3. The number of guanidine groups is 2. The SMILES string of the molecule is CC(C)CCCC(C)C1CCC2C3CC=C4CC(OC(=O)NCCOCCOCC(=O)NC(CCOC(=O)NCCCN=C(N)N)CCOC(=O)NCCCN=C(N)N)CCC4(C)C3CCC12C. The highest BCUT2D eigenvalue weighted by molar-refractivity contribution is 5.77. The van der Waals surface area contributed by atoms with Gasteiger partial charge in [-0.1, -0.05) is 65.5 Å². The minimum absolute atomic E-state index is 0.00420. The van der Waals surface area contributed by atoms with E-state index in [2.05, 4.69) is 71.9 Å². The van der Waals surface area contributed by atoms with E-state index in [9.17, 15) is 19.2 Å². The summed E-state index contributed by atoms with van der Waals surface area (Å²) in [5, 5.41) is 10.9. The van der Waals surface area contributed by atoms with Gasteiger partial charge in [-0.3, -0.25) is 14.8 Å². The lowest BCUT2D eigenvalue weighted by Gasteiger charge is -2.58. The van der Waals surface area contributed by atoms with Crippen LogP contribution < -0.4 is 44.2 Å². The fourth-order valence-corrected chi connectivity index (χ4v) is 11.8. The standard InChI is InChI=1S/C49H88N10O9/c1-33(2)9-6-10-34(3)39-13-14-40-38-12-11-35-31-37(15-19-48(35,4)41(38)16-20-49(39,40)5)68-47(63)58-25-28-64-29-30-65-32-42(60)59-36(17-26-66-45(61)56-23-7-21-54-43(50)51)18-27-67-46(62)57-24-8-22-55-44(52)53/h11,33-34,36-41H,6-10,12-32H2,1-5H3,(H,56,61)(H,57,62)(H,58,63)(H,59,60)(H4,50,51,54)(H4,52,53,55). The van der Waals surface area contributed by atoms with Crippen molar-refractivity contribution in [1.82, 2.24) is 21.3 Å². The summed E-state index contributed by atoms with van der Waals surface area (Å²) in [7, 11) is 0. The molecular weight excluding hydrogens is 873 g/mol. The molecule has 3 saturated carbocycles. The molecule has 8 unspecified atom stereocenters. The molecule has 19 heteroatoms. The van der Waals surface area contributed by atoms with E-state index in [0.29, 0.717) is 44.4 Å². The molecule has 0 aliphatic heterocycles. The Bertz CT molecular complexity index is 1630. The van der Waals surface area contributed by atoms with Crippen LogP contribution in [0.3, 0.4) is 0 Å². The summed E-state index contributed by atoms with van der Waals surface area (Å²) in [5.74, 6) is 4.30. The topological polar surface area (TPSA) is 291 Å². The molecule has 0 heterocycles. The average molecular weight is 961 g/mol. The Morgan fingerprint density at radius 1 is 0.706 bits per heavy atom. The molecule has 19 nitrogen and oxygen atoms in total. The molecule has 8 atom stereocenters. The first-order valence-electron chi connectivity index (χ1n) is 25.5. The number of carbonyl (C=O) groups is 4. The van der Waals surface area contributed by atoms with Gasteiger partial charge in [0.15, 0.2) is 11.9 Å². The molecule has 4 aliphatic carbocycles. The fraction of sp³-hybridized carbons (Fsp3) is 0.837. The van der Waals surface area contributed by atoms with E-state index in [1.54, 1.807) is 0 Å². The zero-order valence-corrected chi connectivity index (χ0v) is 42.0. The maximum atomic E-state index is 12.8. The molecule has 4 rings (SSSR count).